The van der Waals surface area contributed by atoms with E-state index in [0.29, 0.717) is 6.04 Å². The van der Waals surface area contributed by atoms with Gasteiger partial charge in [0, 0.05) is 28.9 Å². The van der Waals surface area contributed by atoms with Gasteiger partial charge in [0.2, 0.25) is 0 Å². The van der Waals surface area contributed by atoms with Gasteiger partial charge in [-0.3, -0.25) is 4.21 Å². The first-order chi connectivity index (χ1) is 6.70. The average molecular weight is 219 g/mol. The van der Waals surface area contributed by atoms with Crippen LogP contribution in [0, 0.1) is 0 Å². The number of hydrogen-bond donors (Lipinski definition) is 1. The maximum Gasteiger partial charge on any atom is 0.0244 e. The van der Waals surface area contributed by atoms with Gasteiger partial charge in [0.25, 0.3) is 0 Å². The fourth-order valence-electron chi connectivity index (χ4n) is 1.48. The molecule has 2 atom stereocenters. The van der Waals surface area contributed by atoms with E-state index in [4.69, 9.17) is 0 Å². The third kappa shape index (κ3) is 8.70. The van der Waals surface area contributed by atoms with Crippen LogP contribution in [0.25, 0.3) is 0 Å². The van der Waals surface area contributed by atoms with Crippen molar-refractivity contribution in [3.05, 3.63) is 0 Å². The Bertz CT molecular complexity index is 150. The Morgan fingerprint density at radius 3 is 2.50 bits per heavy atom. The van der Waals surface area contributed by atoms with Gasteiger partial charge in [0.1, 0.15) is 0 Å². The third-order valence-electron chi connectivity index (χ3n) is 2.44. The first-order valence-electron chi connectivity index (χ1n) is 5.74. The zero-order chi connectivity index (χ0) is 10.8. The molecule has 0 bridgehead atoms. The summed E-state index contributed by atoms with van der Waals surface area (Å²) < 4.78 is 10.8. The maximum atomic E-state index is 10.8. The predicted molar refractivity (Wildman–Crippen MR) is 65.2 cm³/mol. The molecule has 3 heteroatoms. The molecule has 0 radical (unpaired) electrons. The molecule has 0 aromatic heterocycles. The Morgan fingerprint density at radius 2 is 2.00 bits per heavy atom. The van der Waals surface area contributed by atoms with E-state index in [1.165, 1.54) is 25.7 Å². The highest BCUT2D eigenvalue weighted by Gasteiger charge is 2.03. The lowest BCUT2D eigenvalue weighted by Gasteiger charge is -2.16. The first kappa shape index (κ1) is 14.1. The van der Waals surface area contributed by atoms with Crippen molar-refractivity contribution in [1.82, 2.24) is 5.32 Å². The summed E-state index contributed by atoms with van der Waals surface area (Å²) in [6.07, 6.45) is 7.87. The molecule has 0 heterocycles. The van der Waals surface area contributed by atoms with Crippen molar-refractivity contribution < 1.29 is 4.21 Å². The van der Waals surface area contributed by atoms with Crippen molar-refractivity contribution in [3.8, 4) is 0 Å². The van der Waals surface area contributed by atoms with Crippen molar-refractivity contribution in [2.24, 2.45) is 0 Å². The van der Waals surface area contributed by atoms with E-state index >= 15 is 0 Å². The molecule has 2 nitrogen and oxygen atoms in total. The summed E-state index contributed by atoms with van der Waals surface area (Å²) >= 11 is 0. The zero-order valence-electron chi connectivity index (χ0n) is 9.84. The minimum atomic E-state index is -0.628. The SMILES string of the molecule is CCCCC(CC)NCCCS(C)=O. The number of nitrogens with one attached hydrogen (secondary N) is 1. The standard InChI is InChI=1S/C11H25NOS/c1-4-6-8-11(5-2)12-9-7-10-14(3)13/h11-12H,4-10H2,1-3H3. The van der Waals surface area contributed by atoms with Crippen LogP contribution >= 0.6 is 0 Å². The Kier molecular flexibility index (Phi) is 9.73. The average Bonchev–Trinajstić information content (AvgIpc) is 2.16. The summed E-state index contributed by atoms with van der Waals surface area (Å²) in [6, 6.07) is 0.667. The number of hydrogen-bond acceptors (Lipinski definition) is 2. The van der Waals surface area contributed by atoms with Gasteiger partial charge in [-0.2, -0.15) is 0 Å². The summed E-state index contributed by atoms with van der Waals surface area (Å²) in [5, 5.41) is 3.53. The van der Waals surface area contributed by atoms with Crippen LogP contribution in [0.15, 0.2) is 0 Å². The minimum absolute atomic E-state index is 0.628. The molecule has 0 amide bonds. The van der Waals surface area contributed by atoms with Gasteiger partial charge in [-0.15, -0.1) is 0 Å². The molecule has 0 spiro atoms. The molecule has 0 rings (SSSR count). The zero-order valence-corrected chi connectivity index (χ0v) is 10.7. The molecule has 0 aromatic rings. The topological polar surface area (TPSA) is 29.1 Å². The Labute approximate surface area is 91.3 Å². The summed E-state index contributed by atoms with van der Waals surface area (Å²) in [5.74, 6) is 0.831. The Balaban J connectivity index is 3.37. The largest absolute Gasteiger partial charge is 0.314 e. The van der Waals surface area contributed by atoms with E-state index < -0.39 is 10.8 Å². The highest BCUT2D eigenvalue weighted by Crippen LogP contribution is 2.03. The lowest BCUT2D eigenvalue weighted by Crippen LogP contribution is -2.29. The fourth-order valence-corrected chi connectivity index (χ4v) is 2.03. The molecule has 86 valence electrons. The van der Waals surface area contributed by atoms with E-state index in [2.05, 4.69) is 19.2 Å². The van der Waals surface area contributed by atoms with Crippen LogP contribution in [0.3, 0.4) is 0 Å². The second-order valence-electron chi connectivity index (χ2n) is 3.83. The Hall–Kier alpha value is 0.110. The molecule has 0 aromatic carbocycles. The van der Waals surface area contributed by atoms with Crippen molar-refractivity contribution >= 4 is 10.8 Å². The normalized spacial score (nSPS) is 15.4. The lowest BCUT2D eigenvalue weighted by molar-refractivity contribution is 0.454. The van der Waals surface area contributed by atoms with Crippen molar-refractivity contribution in [1.29, 1.82) is 0 Å². The third-order valence-corrected chi connectivity index (χ3v) is 3.30. The second-order valence-corrected chi connectivity index (χ2v) is 5.39. The molecule has 0 saturated carbocycles. The summed E-state index contributed by atoms with van der Waals surface area (Å²) in [5.41, 5.74) is 0. The summed E-state index contributed by atoms with van der Waals surface area (Å²) in [7, 11) is -0.628. The second kappa shape index (κ2) is 9.66. The van der Waals surface area contributed by atoms with Gasteiger partial charge in [-0.1, -0.05) is 26.7 Å². The molecule has 0 aliphatic rings. The molecule has 2 unspecified atom stereocenters. The highest BCUT2D eigenvalue weighted by atomic mass is 32.2. The van der Waals surface area contributed by atoms with Crippen LogP contribution in [0.4, 0.5) is 0 Å². The van der Waals surface area contributed by atoms with E-state index in [0.717, 1.165) is 18.7 Å². The lowest BCUT2D eigenvalue weighted by atomic mass is 10.1. The van der Waals surface area contributed by atoms with Gasteiger partial charge in [0.05, 0.1) is 0 Å². The maximum absolute atomic E-state index is 10.8. The van der Waals surface area contributed by atoms with Crippen LogP contribution in [0.2, 0.25) is 0 Å². The monoisotopic (exact) mass is 219 g/mol. The fraction of sp³-hybridized carbons (Fsp3) is 1.00. The molecule has 0 aliphatic heterocycles. The molecular formula is C11H25NOS. The highest BCUT2D eigenvalue weighted by molar-refractivity contribution is 7.84. The van der Waals surface area contributed by atoms with Gasteiger partial charge in [-0.05, 0) is 25.8 Å². The molecule has 14 heavy (non-hydrogen) atoms. The van der Waals surface area contributed by atoms with E-state index in [-0.39, 0.29) is 0 Å². The van der Waals surface area contributed by atoms with Crippen LogP contribution < -0.4 is 5.32 Å². The van der Waals surface area contributed by atoms with E-state index in [1.54, 1.807) is 6.26 Å². The number of unbranched alkanes of at least 4 members (excludes halogenated alkanes) is 1. The van der Waals surface area contributed by atoms with Crippen LogP contribution in [-0.2, 0) is 10.8 Å². The van der Waals surface area contributed by atoms with Gasteiger partial charge >= 0.3 is 0 Å². The molecular weight excluding hydrogens is 194 g/mol. The van der Waals surface area contributed by atoms with Gasteiger partial charge in [0.15, 0.2) is 0 Å². The van der Waals surface area contributed by atoms with Crippen LogP contribution in [0.5, 0.6) is 0 Å². The minimum Gasteiger partial charge on any atom is -0.314 e. The molecule has 1 N–H and O–H groups in total. The first-order valence-corrected chi connectivity index (χ1v) is 7.46. The van der Waals surface area contributed by atoms with Crippen LogP contribution in [-0.4, -0.2) is 28.8 Å². The molecule has 0 fully saturated rings. The summed E-state index contributed by atoms with van der Waals surface area (Å²) in [6.45, 7) is 5.47. The quantitative estimate of drug-likeness (QED) is 0.603. The smallest absolute Gasteiger partial charge is 0.0244 e. The van der Waals surface area contributed by atoms with Crippen molar-refractivity contribution in [2.75, 3.05) is 18.6 Å². The predicted octanol–water partition coefficient (Wildman–Crippen LogP) is 2.31. The number of rotatable bonds is 9. The van der Waals surface area contributed by atoms with E-state index in [9.17, 15) is 4.21 Å². The van der Waals surface area contributed by atoms with Crippen LogP contribution in [0.1, 0.15) is 46.0 Å². The van der Waals surface area contributed by atoms with Crippen molar-refractivity contribution in [2.45, 2.75) is 52.0 Å². The van der Waals surface area contributed by atoms with E-state index in [1.807, 2.05) is 0 Å². The van der Waals surface area contributed by atoms with Gasteiger partial charge < -0.3 is 5.32 Å². The molecule has 0 aliphatic carbocycles. The molecule has 0 saturated heterocycles. The van der Waals surface area contributed by atoms with Crippen molar-refractivity contribution in [3.63, 3.8) is 0 Å². The Morgan fingerprint density at radius 1 is 1.29 bits per heavy atom. The summed E-state index contributed by atoms with van der Waals surface area (Å²) in [4.78, 5) is 0. The van der Waals surface area contributed by atoms with Gasteiger partial charge in [-0.25, -0.2) is 0 Å².